The largest absolute Gasteiger partial charge is 0.332 e. The van der Waals surface area contributed by atoms with Crippen LogP contribution in [0.25, 0.3) is 22.5 Å². The Morgan fingerprint density at radius 1 is 0.905 bits per heavy atom. The zero-order chi connectivity index (χ0) is 14.5. The minimum Gasteiger partial charge on any atom is -0.332 e. The summed E-state index contributed by atoms with van der Waals surface area (Å²) in [5.74, 6) is 1.08. The first-order valence-electron chi connectivity index (χ1n) is 7.22. The van der Waals surface area contributed by atoms with Gasteiger partial charge in [0.25, 0.3) is 0 Å². The molecule has 3 aromatic rings. The zero-order valence-electron chi connectivity index (χ0n) is 12.0. The molecular weight excluding hydrogens is 276 g/mol. The van der Waals surface area contributed by atoms with E-state index in [1.165, 1.54) is 5.56 Å². The molecule has 0 atom stereocenters. The van der Waals surface area contributed by atoms with E-state index < -0.39 is 0 Å². The van der Waals surface area contributed by atoms with Crippen LogP contribution in [-0.4, -0.2) is 15.7 Å². The number of aromatic nitrogens is 2. The van der Waals surface area contributed by atoms with Crippen LogP contribution in [0.5, 0.6) is 0 Å². The molecule has 0 amide bonds. The van der Waals surface area contributed by atoms with Gasteiger partial charge in [-0.05, 0) is 6.42 Å². The Morgan fingerprint density at radius 3 is 2.14 bits per heavy atom. The van der Waals surface area contributed by atoms with Gasteiger partial charge in [0.15, 0.2) is 5.16 Å². The molecule has 0 fully saturated rings. The highest BCUT2D eigenvalue weighted by atomic mass is 32.2. The molecule has 0 aliphatic rings. The summed E-state index contributed by atoms with van der Waals surface area (Å²) < 4.78 is 0. The lowest BCUT2D eigenvalue weighted by molar-refractivity contribution is 1.04. The number of hydrogen-bond acceptors (Lipinski definition) is 2. The van der Waals surface area contributed by atoms with Crippen molar-refractivity contribution in [2.75, 3.05) is 5.75 Å². The van der Waals surface area contributed by atoms with E-state index in [-0.39, 0.29) is 0 Å². The van der Waals surface area contributed by atoms with Crippen LogP contribution < -0.4 is 0 Å². The fourth-order valence-corrected chi connectivity index (χ4v) is 2.96. The molecule has 2 aromatic carbocycles. The van der Waals surface area contributed by atoms with Crippen molar-refractivity contribution in [3.05, 3.63) is 60.7 Å². The number of benzene rings is 2. The lowest BCUT2D eigenvalue weighted by Gasteiger charge is -2.02. The number of nitrogens with zero attached hydrogens (tertiary/aromatic N) is 1. The smallest absolute Gasteiger partial charge is 0.166 e. The second-order valence-electron chi connectivity index (χ2n) is 4.85. The van der Waals surface area contributed by atoms with Gasteiger partial charge in [-0.25, -0.2) is 4.98 Å². The summed E-state index contributed by atoms with van der Waals surface area (Å²) in [7, 11) is 0. The van der Waals surface area contributed by atoms with Gasteiger partial charge in [0.05, 0.1) is 11.4 Å². The molecule has 0 aliphatic carbocycles. The van der Waals surface area contributed by atoms with Crippen molar-refractivity contribution in [1.29, 1.82) is 0 Å². The number of hydrogen-bond donors (Lipinski definition) is 1. The van der Waals surface area contributed by atoms with Crippen LogP contribution in [-0.2, 0) is 0 Å². The van der Waals surface area contributed by atoms with Gasteiger partial charge in [-0.2, -0.15) is 0 Å². The van der Waals surface area contributed by atoms with Crippen molar-refractivity contribution in [1.82, 2.24) is 9.97 Å². The van der Waals surface area contributed by atoms with Gasteiger partial charge in [-0.3, -0.25) is 0 Å². The van der Waals surface area contributed by atoms with Crippen molar-refractivity contribution >= 4 is 11.8 Å². The molecule has 1 heterocycles. The first kappa shape index (κ1) is 14.0. The molecule has 1 N–H and O–H groups in total. The van der Waals surface area contributed by atoms with Gasteiger partial charge in [0.1, 0.15) is 0 Å². The lowest BCUT2D eigenvalue weighted by atomic mass is 10.1. The third-order valence-corrected chi connectivity index (χ3v) is 4.31. The minimum absolute atomic E-state index is 0.995. The summed E-state index contributed by atoms with van der Waals surface area (Å²) in [6.45, 7) is 2.19. The monoisotopic (exact) mass is 294 g/mol. The van der Waals surface area contributed by atoms with E-state index >= 15 is 0 Å². The zero-order valence-corrected chi connectivity index (χ0v) is 12.9. The second kappa shape index (κ2) is 6.64. The Kier molecular flexibility index (Phi) is 4.41. The first-order valence-corrected chi connectivity index (χ1v) is 8.20. The van der Waals surface area contributed by atoms with Gasteiger partial charge in [-0.1, -0.05) is 79.3 Å². The molecule has 1 aromatic heterocycles. The molecule has 21 heavy (non-hydrogen) atoms. The van der Waals surface area contributed by atoms with E-state index in [1.54, 1.807) is 11.8 Å². The molecule has 3 heteroatoms. The Hall–Kier alpha value is -2.00. The van der Waals surface area contributed by atoms with E-state index in [2.05, 4.69) is 60.4 Å². The topological polar surface area (TPSA) is 28.7 Å². The van der Waals surface area contributed by atoms with Crippen molar-refractivity contribution in [3.63, 3.8) is 0 Å². The Balaban J connectivity index is 2.06. The van der Waals surface area contributed by atoms with Gasteiger partial charge < -0.3 is 4.98 Å². The van der Waals surface area contributed by atoms with E-state index in [0.29, 0.717) is 0 Å². The predicted octanol–water partition coefficient (Wildman–Crippen LogP) is 5.25. The standard InChI is InChI=1S/C18H18N2S/c1-2-13-21-18-19-16(14-9-5-3-6-10-14)17(20-18)15-11-7-4-8-12-15/h3-12H,2,13H2,1H3,(H,19,20). The molecule has 106 valence electrons. The van der Waals surface area contributed by atoms with Crippen LogP contribution in [0, 0.1) is 0 Å². The Bertz CT molecular complexity index is 633. The highest BCUT2D eigenvalue weighted by Crippen LogP contribution is 2.32. The number of rotatable bonds is 5. The average molecular weight is 294 g/mol. The molecule has 0 radical (unpaired) electrons. The molecule has 2 nitrogen and oxygen atoms in total. The van der Waals surface area contributed by atoms with Crippen LogP contribution in [0.3, 0.4) is 0 Å². The Labute approximate surface area is 129 Å². The van der Waals surface area contributed by atoms with E-state index in [9.17, 15) is 0 Å². The highest BCUT2D eigenvalue weighted by Gasteiger charge is 2.13. The number of nitrogens with one attached hydrogen (secondary N) is 1. The predicted molar refractivity (Wildman–Crippen MR) is 90.5 cm³/mol. The second-order valence-corrected chi connectivity index (χ2v) is 5.93. The highest BCUT2D eigenvalue weighted by molar-refractivity contribution is 7.99. The van der Waals surface area contributed by atoms with Crippen molar-refractivity contribution in [2.24, 2.45) is 0 Å². The molecule has 0 saturated carbocycles. The van der Waals surface area contributed by atoms with Gasteiger partial charge in [0, 0.05) is 16.9 Å². The van der Waals surface area contributed by atoms with E-state index in [0.717, 1.165) is 34.3 Å². The normalized spacial score (nSPS) is 10.7. The maximum Gasteiger partial charge on any atom is 0.166 e. The summed E-state index contributed by atoms with van der Waals surface area (Å²) in [5, 5.41) is 0.995. The molecule has 0 bridgehead atoms. The maximum absolute atomic E-state index is 4.80. The summed E-state index contributed by atoms with van der Waals surface area (Å²) in [6, 6.07) is 20.7. The van der Waals surface area contributed by atoms with Crippen molar-refractivity contribution in [2.45, 2.75) is 18.5 Å². The van der Waals surface area contributed by atoms with Crippen LogP contribution in [0.2, 0.25) is 0 Å². The third-order valence-electron chi connectivity index (χ3n) is 3.23. The van der Waals surface area contributed by atoms with Crippen LogP contribution >= 0.6 is 11.8 Å². The van der Waals surface area contributed by atoms with Gasteiger partial charge in [0.2, 0.25) is 0 Å². The average Bonchev–Trinajstić information content (AvgIpc) is 2.99. The molecule has 3 rings (SSSR count). The fourth-order valence-electron chi connectivity index (χ4n) is 2.24. The number of H-pyrrole nitrogens is 1. The summed E-state index contributed by atoms with van der Waals surface area (Å²) in [4.78, 5) is 8.28. The molecule has 0 aliphatic heterocycles. The SMILES string of the molecule is CCCSc1nc(-c2ccccc2)c(-c2ccccc2)[nH]1. The Morgan fingerprint density at radius 2 is 1.52 bits per heavy atom. The van der Waals surface area contributed by atoms with Crippen molar-refractivity contribution < 1.29 is 0 Å². The van der Waals surface area contributed by atoms with E-state index in [1.807, 2.05) is 12.1 Å². The third kappa shape index (κ3) is 3.19. The number of thioether (sulfide) groups is 1. The first-order chi connectivity index (χ1) is 10.4. The molecule has 0 unspecified atom stereocenters. The summed E-state index contributed by atoms with van der Waals surface area (Å²) in [5.41, 5.74) is 4.45. The van der Waals surface area contributed by atoms with Crippen LogP contribution in [0.4, 0.5) is 0 Å². The molecular formula is C18H18N2S. The van der Waals surface area contributed by atoms with Gasteiger partial charge in [-0.15, -0.1) is 0 Å². The maximum atomic E-state index is 4.80. The lowest BCUT2D eigenvalue weighted by Crippen LogP contribution is -1.82. The van der Waals surface area contributed by atoms with E-state index in [4.69, 9.17) is 4.98 Å². The quantitative estimate of drug-likeness (QED) is 0.651. The van der Waals surface area contributed by atoms with Crippen LogP contribution in [0.15, 0.2) is 65.8 Å². The van der Waals surface area contributed by atoms with Crippen molar-refractivity contribution in [3.8, 4) is 22.5 Å². The van der Waals surface area contributed by atoms with Gasteiger partial charge >= 0.3 is 0 Å². The summed E-state index contributed by atoms with van der Waals surface area (Å²) in [6.07, 6.45) is 1.15. The minimum atomic E-state index is 0.995. The summed E-state index contributed by atoms with van der Waals surface area (Å²) >= 11 is 1.78. The van der Waals surface area contributed by atoms with Crippen LogP contribution in [0.1, 0.15) is 13.3 Å². The fraction of sp³-hybridized carbons (Fsp3) is 0.167. The number of imidazole rings is 1. The molecule has 0 spiro atoms. The molecule has 0 saturated heterocycles. The number of aromatic amines is 1.